The summed E-state index contributed by atoms with van der Waals surface area (Å²) in [5.41, 5.74) is 0.386. The van der Waals surface area contributed by atoms with Crippen molar-refractivity contribution in [2.75, 3.05) is 25.9 Å². The summed E-state index contributed by atoms with van der Waals surface area (Å²) >= 11 is 0. The number of guanidine groups is 1. The number of nitrogens with one attached hydrogen (secondary N) is 2. The van der Waals surface area contributed by atoms with Gasteiger partial charge in [0, 0.05) is 19.3 Å². The average molecular weight is 346 g/mol. The lowest BCUT2D eigenvalue weighted by Gasteiger charge is -2.43. The van der Waals surface area contributed by atoms with E-state index in [-0.39, 0.29) is 6.54 Å². The zero-order chi connectivity index (χ0) is 17.7. The predicted octanol–water partition coefficient (Wildman–Crippen LogP) is 2.58. The molecular weight excluding hydrogens is 310 g/mol. The van der Waals surface area contributed by atoms with Gasteiger partial charge in [0.15, 0.2) is 15.8 Å². The van der Waals surface area contributed by atoms with Crippen molar-refractivity contribution in [3.8, 4) is 0 Å². The molecular formula is C17H35N3O2S. The van der Waals surface area contributed by atoms with E-state index in [9.17, 15) is 8.42 Å². The predicted molar refractivity (Wildman–Crippen MR) is 98.6 cm³/mol. The molecule has 1 saturated carbocycles. The highest BCUT2D eigenvalue weighted by atomic mass is 32.2. The van der Waals surface area contributed by atoms with Crippen molar-refractivity contribution in [2.45, 2.75) is 65.0 Å². The van der Waals surface area contributed by atoms with Crippen molar-refractivity contribution in [3.05, 3.63) is 0 Å². The third kappa shape index (κ3) is 5.98. The number of hydrogen-bond donors (Lipinski definition) is 2. The van der Waals surface area contributed by atoms with Crippen LogP contribution in [-0.4, -0.2) is 45.0 Å². The SMILES string of the molecule is CCNC(=NCC(C)(C)S(C)(=O)=O)NCC1(CC(C)C)CCC1. The first-order chi connectivity index (χ1) is 10.5. The van der Waals surface area contributed by atoms with Gasteiger partial charge in [0.05, 0.1) is 11.3 Å². The van der Waals surface area contributed by atoms with Crippen LogP contribution in [0.5, 0.6) is 0 Å². The molecule has 23 heavy (non-hydrogen) atoms. The average Bonchev–Trinajstić information content (AvgIpc) is 2.36. The Bertz CT molecular complexity index is 506. The first-order valence-electron chi connectivity index (χ1n) is 8.73. The number of hydrogen-bond acceptors (Lipinski definition) is 3. The van der Waals surface area contributed by atoms with Gasteiger partial charge < -0.3 is 10.6 Å². The fraction of sp³-hybridized carbons (Fsp3) is 0.941. The Hall–Kier alpha value is -0.780. The molecule has 1 aliphatic rings. The minimum atomic E-state index is -3.13. The highest BCUT2D eigenvalue weighted by Gasteiger charge is 2.37. The van der Waals surface area contributed by atoms with Gasteiger partial charge in [0.2, 0.25) is 0 Å². The van der Waals surface area contributed by atoms with Crippen LogP contribution < -0.4 is 10.6 Å². The van der Waals surface area contributed by atoms with E-state index in [0.29, 0.717) is 11.3 Å². The highest BCUT2D eigenvalue weighted by molar-refractivity contribution is 7.92. The number of nitrogens with zero attached hydrogens (tertiary/aromatic N) is 1. The molecule has 0 aliphatic heterocycles. The quantitative estimate of drug-likeness (QED) is 0.524. The smallest absolute Gasteiger partial charge is 0.191 e. The van der Waals surface area contributed by atoms with Crippen molar-refractivity contribution in [1.82, 2.24) is 10.6 Å². The van der Waals surface area contributed by atoms with E-state index >= 15 is 0 Å². The third-order valence-electron chi connectivity index (χ3n) is 4.85. The molecule has 0 aromatic carbocycles. The van der Waals surface area contributed by atoms with Crippen LogP contribution >= 0.6 is 0 Å². The van der Waals surface area contributed by atoms with Crippen LogP contribution in [-0.2, 0) is 9.84 Å². The van der Waals surface area contributed by atoms with Gasteiger partial charge in [-0.25, -0.2) is 8.42 Å². The van der Waals surface area contributed by atoms with Crippen molar-refractivity contribution in [1.29, 1.82) is 0 Å². The normalized spacial score (nSPS) is 18.7. The molecule has 1 fully saturated rings. The van der Waals surface area contributed by atoms with E-state index in [2.05, 4.69) is 29.5 Å². The first kappa shape index (κ1) is 20.3. The molecule has 0 spiro atoms. The molecule has 0 heterocycles. The Labute approximate surface area is 142 Å². The summed E-state index contributed by atoms with van der Waals surface area (Å²) in [6.07, 6.45) is 6.35. The maximum absolute atomic E-state index is 11.8. The summed E-state index contributed by atoms with van der Waals surface area (Å²) in [5, 5.41) is 6.66. The van der Waals surface area contributed by atoms with Gasteiger partial charge >= 0.3 is 0 Å². The molecule has 0 radical (unpaired) electrons. The minimum Gasteiger partial charge on any atom is -0.357 e. The molecule has 0 atom stereocenters. The van der Waals surface area contributed by atoms with E-state index in [4.69, 9.17) is 0 Å². The van der Waals surface area contributed by atoms with Crippen LogP contribution in [0, 0.1) is 11.3 Å². The Kier molecular flexibility index (Phi) is 6.93. The van der Waals surface area contributed by atoms with Gasteiger partial charge in [-0.15, -0.1) is 0 Å². The summed E-state index contributed by atoms with van der Waals surface area (Å²) in [7, 11) is -3.13. The Balaban J connectivity index is 2.69. The molecule has 2 N–H and O–H groups in total. The molecule has 0 aromatic heterocycles. The summed E-state index contributed by atoms with van der Waals surface area (Å²) in [6, 6.07) is 0. The monoisotopic (exact) mass is 345 g/mol. The lowest BCUT2D eigenvalue weighted by atomic mass is 9.64. The Morgan fingerprint density at radius 1 is 1.26 bits per heavy atom. The second-order valence-corrected chi connectivity index (χ2v) is 10.7. The molecule has 5 nitrogen and oxygen atoms in total. The second-order valence-electron chi connectivity index (χ2n) is 8.03. The fourth-order valence-electron chi connectivity index (χ4n) is 3.00. The standard InChI is InChI=1S/C17H35N3O2S/c1-7-18-15(19-12-16(4,5)23(6,21)22)20-13-17(9-8-10-17)11-14(2)3/h14H,7-13H2,1-6H3,(H2,18,19,20). The maximum atomic E-state index is 11.8. The van der Waals surface area contributed by atoms with Crippen LogP contribution in [0.2, 0.25) is 0 Å². The van der Waals surface area contributed by atoms with Gasteiger partial charge in [-0.3, -0.25) is 4.99 Å². The second kappa shape index (κ2) is 7.86. The summed E-state index contributed by atoms with van der Waals surface area (Å²) in [5.74, 6) is 1.42. The molecule has 1 aliphatic carbocycles. The van der Waals surface area contributed by atoms with E-state index in [0.717, 1.165) is 19.0 Å². The number of rotatable bonds is 8. The van der Waals surface area contributed by atoms with E-state index < -0.39 is 14.6 Å². The molecule has 0 amide bonds. The number of sulfone groups is 1. The lowest BCUT2D eigenvalue weighted by molar-refractivity contribution is 0.104. The maximum Gasteiger partial charge on any atom is 0.191 e. The summed E-state index contributed by atoms with van der Waals surface area (Å²) < 4.78 is 22.8. The van der Waals surface area contributed by atoms with Crippen molar-refractivity contribution >= 4 is 15.8 Å². The summed E-state index contributed by atoms with van der Waals surface area (Å²) in [6.45, 7) is 12.0. The van der Waals surface area contributed by atoms with Gasteiger partial charge in [-0.05, 0) is 51.4 Å². The van der Waals surface area contributed by atoms with Gasteiger partial charge in [0.25, 0.3) is 0 Å². The van der Waals surface area contributed by atoms with Crippen LogP contribution in [0.3, 0.4) is 0 Å². The third-order valence-corrected chi connectivity index (χ3v) is 6.99. The first-order valence-corrected chi connectivity index (χ1v) is 10.6. The molecule has 0 bridgehead atoms. The molecule has 1 rings (SSSR count). The molecule has 0 aromatic rings. The van der Waals surface area contributed by atoms with Crippen molar-refractivity contribution in [3.63, 3.8) is 0 Å². The lowest BCUT2D eigenvalue weighted by Crippen LogP contribution is -2.47. The van der Waals surface area contributed by atoms with Crippen LogP contribution in [0.1, 0.15) is 60.3 Å². The van der Waals surface area contributed by atoms with Crippen LogP contribution in [0.15, 0.2) is 4.99 Å². The minimum absolute atomic E-state index is 0.262. The van der Waals surface area contributed by atoms with Gasteiger partial charge in [0.1, 0.15) is 0 Å². The zero-order valence-electron chi connectivity index (χ0n) is 15.7. The van der Waals surface area contributed by atoms with Crippen LogP contribution in [0.4, 0.5) is 0 Å². The molecule has 0 saturated heterocycles. The zero-order valence-corrected chi connectivity index (χ0v) is 16.5. The summed E-state index contributed by atoms with van der Waals surface area (Å²) in [4.78, 5) is 4.51. The largest absolute Gasteiger partial charge is 0.357 e. The molecule has 136 valence electrons. The Morgan fingerprint density at radius 3 is 2.26 bits per heavy atom. The number of aliphatic imine (C=N–C) groups is 1. The highest BCUT2D eigenvalue weighted by Crippen LogP contribution is 2.45. The topological polar surface area (TPSA) is 70.6 Å². The Morgan fingerprint density at radius 2 is 1.87 bits per heavy atom. The van der Waals surface area contributed by atoms with Crippen molar-refractivity contribution in [2.24, 2.45) is 16.3 Å². The van der Waals surface area contributed by atoms with E-state index in [1.807, 2.05) is 6.92 Å². The van der Waals surface area contributed by atoms with Crippen LogP contribution in [0.25, 0.3) is 0 Å². The van der Waals surface area contributed by atoms with E-state index in [1.54, 1.807) is 13.8 Å². The van der Waals surface area contributed by atoms with Gasteiger partial charge in [-0.1, -0.05) is 20.3 Å². The molecule has 0 unspecified atom stereocenters. The molecule has 6 heteroatoms. The van der Waals surface area contributed by atoms with E-state index in [1.165, 1.54) is 31.9 Å². The fourth-order valence-corrected chi connectivity index (χ4v) is 3.29. The van der Waals surface area contributed by atoms with Crippen molar-refractivity contribution < 1.29 is 8.42 Å². The van der Waals surface area contributed by atoms with Gasteiger partial charge in [-0.2, -0.15) is 0 Å².